The Hall–Kier alpha value is -2.23. The van der Waals surface area contributed by atoms with Gasteiger partial charge in [-0.15, -0.1) is 0 Å². The number of rotatable bonds is 2. The van der Waals surface area contributed by atoms with Gasteiger partial charge in [0.25, 0.3) is 0 Å². The van der Waals surface area contributed by atoms with E-state index >= 15 is 0 Å². The summed E-state index contributed by atoms with van der Waals surface area (Å²) in [6, 6.07) is 3.81. The molecule has 0 amide bonds. The van der Waals surface area contributed by atoms with Gasteiger partial charge in [0, 0.05) is 5.92 Å². The van der Waals surface area contributed by atoms with Crippen molar-refractivity contribution in [2.45, 2.75) is 12.0 Å². The Balaban J connectivity index is 2.12. The maximum Gasteiger partial charge on any atom is 0.337 e. The van der Waals surface area contributed by atoms with Gasteiger partial charge in [0.1, 0.15) is 5.75 Å². The number of fused-ring (bicyclic) bond motifs is 3. The van der Waals surface area contributed by atoms with Gasteiger partial charge in [-0.05, 0) is 17.7 Å². The van der Waals surface area contributed by atoms with Gasteiger partial charge in [0.2, 0.25) is 0 Å². The van der Waals surface area contributed by atoms with Crippen LogP contribution in [-0.4, -0.2) is 26.2 Å². The second-order valence-corrected chi connectivity index (χ2v) is 4.60. The minimum atomic E-state index is -0.347. The average molecular weight is 257 g/mol. The van der Waals surface area contributed by atoms with E-state index in [1.807, 2.05) is 18.2 Å². The summed E-state index contributed by atoms with van der Waals surface area (Å²) >= 11 is 0. The van der Waals surface area contributed by atoms with Gasteiger partial charge in [-0.1, -0.05) is 24.3 Å². The highest BCUT2D eigenvalue weighted by atomic mass is 16.5. The van der Waals surface area contributed by atoms with Crippen LogP contribution in [0.15, 0.2) is 36.4 Å². The van der Waals surface area contributed by atoms with Gasteiger partial charge >= 0.3 is 5.97 Å². The van der Waals surface area contributed by atoms with Gasteiger partial charge in [0.05, 0.1) is 31.5 Å². The summed E-state index contributed by atoms with van der Waals surface area (Å²) in [5, 5.41) is 3.42. The summed E-state index contributed by atoms with van der Waals surface area (Å²) in [6.07, 6.45) is 8.29. The molecule has 4 heteroatoms. The first-order valence-electron chi connectivity index (χ1n) is 6.16. The standard InChI is InChI=1S/C15H15NO3/c1-18-13-8-9(15(17)19-2)7-11-10-5-3-4-6-12(10)16-14(11)13/h3-8,10,12,16H,1-2H3. The molecular weight excluding hydrogens is 242 g/mol. The molecule has 19 heavy (non-hydrogen) atoms. The van der Waals surface area contributed by atoms with Gasteiger partial charge in [0.15, 0.2) is 0 Å². The molecule has 0 saturated carbocycles. The molecule has 0 aromatic heterocycles. The summed E-state index contributed by atoms with van der Waals surface area (Å²) < 4.78 is 10.2. The van der Waals surface area contributed by atoms with Crippen LogP contribution in [-0.2, 0) is 4.74 Å². The molecule has 0 bridgehead atoms. The zero-order chi connectivity index (χ0) is 13.4. The molecule has 0 radical (unpaired) electrons. The number of allylic oxidation sites excluding steroid dienone is 2. The van der Waals surface area contributed by atoms with E-state index in [9.17, 15) is 4.79 Å². The Kier molecular flexibility index (Phi) is 2.78. The van der Waals surface area contributed by atoms with Crippen molar-refractivity contribution in [1.82, 2.24) is 0 Å². The summed E-state index contributed by atoms with van der Waals surface area (Å²) in [4.78, 5) is 11.7. The van der Waals surface area contributed by atoms with E-state index in [2.05, 4.69) is 17.5 Å². The Morgan fingerprint density at radius 1 is 1.21 bits per heavy atom. The lowest BCUT2D eigenvalue weighted by Crippen LogP contribution is -2.17. The van der Waals surface area contributed by atoms with Crippen LogP contribution in [0.3, 0.4) is 0 Å². The average Bonchev–Trinajstić information content (AvgIpc) is 2.84. The third kappa shape index (κ3) is 1.80. The van der Waals surface area contributed by atoms with E-state index in [0.29, 0.717) is 11.3 Å². The lowest BCUT2D eigenvalue weighted by molar-refractivity contribution is 0.0600. The van der Waals surface area contributed by atoms with E-state index < -0.39 is 0 Å². The van der Waals surface area contributed by atoms with E-state index in [4.69, 9.17) is 9.47 Å². The number of nitrogens with one attached hydrogen (secondary N) is 1. The predicted molar refractivity (Wildman–Crippen MR) is 72.8 cm³/mol. The maximum atomic E-state index is 11.7. The minimum Gasteiger partial charge on any atom is -0.495 e. The molecule has 1 aliphatic carbocycles. The van der Waals surface area contributed by atoms with E-state index in [1.54, 1.807) is 13.2 Å². The van der Waals surface area contributed by atoms with Crippen LogP contribution in [0.1, 0.15) is 21.8 Å². The fourth-order valence-corrected chi connectivity index (χ4v) is 2.66. The van der Waals surface area contributed by atoms with Gasteiger partial charge in [-0.2, -0.15) is 0 Å². The molecule has 98 valence electrons. The van der Waals surface area contributed by atoms with E-state index in [1.165, 1.54) is 7.11 Å². The number of benzene rings is 1. The lowest BCUT2D eigenvalue weighted by atomic mass is 9.90. The van der Waals surface area contributed by atoms with Crippen LogP contribution in [0.25, 0.3) is 0 Å². The van der Waals surface area contributed by atoms with Crippen molar-refractivity contribution in [2.24, 2.45) is 0 Å². The van der Waals surface area contributed by atoms with Crippen LogP contribution < -0.4 is 10.1 Å². The first kappa shape index (κ1) is 11.8. The molecule has 0 spiro atoms. The second-order valence-electron chi connectivity index (χ2n) is 4.60. The van der Waals surface area contributed by atoms with Gasteiger partial charge in [-0.3, -0.25) is 0 Å². The number of hydrogen-bond donors (Lipinski definition) is 1. The van der Waals surface area contributed by atoms with E-state index in [-0.39, 0.29) is 17.9 Å². The zero-order valence-electron chi connectivity index (χ0n) is 10.8. The molecule has 2 unspecified atom stereocenters. The highest BCUT2D eigenvalue weighted by molar-refractivity contribution is 5.92. The van der Waals surface area contributed by atoms with Crippen LogP contribution in [0.2, 0.25) is 0 Å². The Morgan fingerprint density at radius 2 is 2.00 bits per heavy atom. The fourth-order valence-electron chi connectivity index (χ4n) is 2.66. The first-order valence-corrected chi connectivity index (χ1v) is 6.16. The van der Waals surface area contributed by atoms with Gasteiger partial charge < -0.3 is 14.8 Å². The molecule has 1 aromatic rings. The number of carbonyl (C=O) groups excluding carboxylic acids is 1. The van der Waals surface area contributed by atoms with Crippen molar-refractivity contribution >= 4 is 11.7 Å². The molecule has 1 aromatic carbocycles. The normalized spacial score (nSPS) is 22.4. The summed E-state index contributed by atoms with van der Waals surface area (Å²) in [5.74, 6) is 0.562. The van der Waals surface area contributed by atoms with Gasteiger partial charge in [-0.25, -0.2) is 4.79 Å². The maximum absolute atomic E-state index is 11.7. The highest BCUT2D eigenvalue weighted by Crippen LogP contribution is 2.44. The first-order chi connectivity index (χ1) is 9.24. The summed E-state index contributed by atoms with van der Waals surface area (Å²) in [7, 11) is 2.98. The molecule has 0 fully saturated rings. The molecule has 3 rings (SSSR count). The largest absolute Gasteiger partial charge is 0.495 e. The molecule has 1 N–H and O–H groups in total. The fraction of sp³-hybridized carbons (Fsp3) is 0.267. The molecule has 0 saturated heterocycles. The third-order valence-electron chi connectivity index (χ3n) is 3.58. The number of esters is 1. The SMILES string of the molecule is COC(=O)c1cc(OC)c2c(c1)C1C=CC=CC1N2. The second kappa shape index (κ2) is 4.46. The van der Waals surface area contributed by atoms with Crippen molar-refractivity contribution in [1.29, 1.82) is 0 Å². The summed E-state index contributed by atoms with van der Waals surface area (Å²) in [5.41, 5.74) is 2.55. The molecule has 2 atom stereocenters. The molecular formula is C15H15NO3. The summed E-state index contributed by atoms with van der Waals surface area (Å²) in [6.45, 7) is 0. The van der Waals surface area contributed by atoms with Crippen molar-refractivity contribution in [3.05, 3.63) is 47.6 Å². The Morgan fingerprint density at radius 3 is 2.74 bits per heavy atom. The zero-order valence-corrected chi connectivity index (χ0v) is 10.8. The molecule has 2 aliphatic rings. The predicted octanol–water partition coefficient (Wildman–Crippen LogP) is 2.49. The van der Waals surface area contributed by atoms with Crippen molar-refractivity contribution in [2.75, 3.05) is 19.5 Å². The van der Waals surface area contributed by atoms with Crippen molar-refractivity contribution in [3.63, 3.8) is 0 Å². The number of anilines is 1. The Labute approximate surface area is 111 Å². The lowest BCUT2D eigenvalue weighted by Gasteiger charge is -2.15. The minimum absolute atomic E-state index is 0.224. The van der Waals surface area contributed by atoms with Crippen molar-refractivity contribution < 1.29 is 14.3 Å². The number of hydrogen-bond acceptors (Lipinski definition) is 4. The van der Waals surface area contributed by atoms with Crippen LogP contribution in [0, 0.1) is 0 Å². The topological polar surface area (TPSA) is 47.6 Å². The smallest absolute Gasteiger partial charge is 0.337 e. The quantitative estimate of drug-likeness (QED) is 0.827. The molecule has 4 nitrogen and oxygen atoms in total. The van der Waals surface area contributed by atoms with Crippen LogP contribution in [0.5, 0.6) is 5.75 Å². The van der Waals surface area contributed by atoms with E-state index in [0.717, 1.165) is 11.3 Å². The highest BCUT2D eigenvalue weighted by Gasteiger charge is 2.33. The molecule has 1 heterocycles. The monoisotopic (exact) mass is 257 g/mol. The number of methoxy groups -OCH3 is 2. The number of carbonyl (C=O) groups is 1. The third-order valence-corrected chi connectivity index (χ3v) is 3.58. The Bertz CT molecular complexity index is 589. The van der Waals surface area contributed by atoms with Crippen LogP contribution >= 0.6 is 0 Å². The van der Waals surface area contributed by atoms with Crippen molar-refractivity contribution in [3.8, 4) is 5.75 Å². The van der Waals surface area contributed by atoms with Crippen LogP contribution in [0.4, 0.5) is 5.69 Å². The number of ether oxygens (including phenoxy) is 2. The molecule has 1 aliphatic heterocycles.